The highest BCUT2D eigenvalue weighted by Gasteiger charge is 2.32. The number of fused-ring (bicyclic) bond motifs is 4. The fraction of sp³-hybridized carbons (Fsp3) is 0.462. The first-order chi connectivity index (χ1) is 17.1. The van der Waals surface area contributed by atoms with Crippen molar-refractivity contribution in [3.63, 3.8) is 0 Å². The van der Waals surface area contributed by atoms with Gasteiger partial charge in [0.05, 0.1) is 36.9 Å². The Kier molecular flexibility index (Phi) is 5.89. The van der Waals surface area contributed by atoms with Gasteiger partial charge in [0.1, 0.15) is 22.7 Å². The smallest absolute Gasteiger partial charge is 0.226 e. The summed E-state index contributed by atoms with van der Waals surface area (Å²) in [5.41, 5.74) is 4.42. The van der Waals surface area contributed by atoms with Gasteiger partial charge in [-0.1, -0.05) is 0 Å². The number of anilines is 2. The molecule has 2 aliphatic heterocycles. The molecule has 35 heavy (non-hydrogen) atoms. The maximum atomic E-state index is 13.1. The molecule has 182 valence electrons. The molecule has 4 heterocycles. The Morgan fingerprint density at radius 1 is 1.26 bits per heavy atom. The standard InChI is InChI=1S/C26H29N5O3S/c1-15(2)34-21-10-18-13-27-12-17(18)9-20(21)30-24-23-19-4-3-16(26(32)31-5-7-33-8-6-31)11-22(19)35-25(23)29-14-28-24/h9-10,12,14-16H,3-8,11,13H2,1-2H3,(H,28,29,30). The molecule has 0 radical (unpaired) electrons. The molecule has 1 amide bonds. The van der Waals surface area contributed by atoms with E-state index in [1.54, 1.807) is 17.7 Å². The van der Waals surface area contributed by atoms with Crippen molar-refractivity contribution >= 4 is 45.2 Å². The number of morpholine rings is 1. The van der Waals surface area contributed by atoms with Crippen LogP contribution in [-0.4, -0.2) is 59.4 Å². The quantitative estimate of drug-likeness (QED) is 0.578. The molecule has 9 heteroatoms. The molecule has 8 nitrogen and oxygen atoms in total. The summed E-state index contributed by atoms with van der Waals surface area (Å²) in [5, 5.41) is 4.62. The van der Waals surface area contributed by atoms with Crippen molar-refractivity contribution in [2.75, 3.05) is 31.6 Å². The summed E-state index contributed by atoms with van der Waals surface area (Å²) >= 11 is 1.69. The van der Waals surface area contributed by atoms with Gasteiger partial charge in [-0.15, -0.1) is 11.3 Å². The number of amides is 1. The SMILES string of the molecule is CC(C)Oc1cc2c(cc1Nc1ncnc3sc4c(c13)CCC(C(=O)N1CCOCC1)C4)C=NC2. The molecule has 0 saturated carbocycles. The van der Waals surface area contributed by atoms with E-state index in [-0.39, 0.29) is 17.9 Å². The molecule has 0 bridgehead atoms. The molecule has 1 saturated heterocycles. The number of aryl methyl sites for hydroxylation is 1. The molecule has 2 aromatic heterocycles. The van der Waals surface area contributed by atoms with Crippen LogP contribution in [0, 0.1) is 5.92 Å². The molecule has 1 aliphatic carbocycles. The van der Waals surface area contributed by atoms with Crippen LogP contribution in [0.5, 0.6) is 5.75 Å². The molecule has 0 spiro atoms. The van der Waals surface area contributed by atoms with Gasteiger partial charge < -0.3 is 19.7 Å². The van der Waals surface area contributed by atoms with E-state index in [1.807, 2.05) is 25.0 Å². The lowest BCUT2D eigenvalue weighted by molar-refractivity contribution is -0.140. The van der Waals surface area contributed by atoms with Gasteiger partial charge in [0, 0.05) is 30.1 Å². The highest BCUT2D eigenvalue weighted by atomic mass is 32.1. The van der Waals surface area contributed by atoms with Crippen molar-refractivity contribution in [3.8, 4) is 5.75 Å². The molecular formula is C26H29N5O3S. The molecule has 6 rings (SSSR count). The molecule has 1 unspecified atom stereocenters. The minimum Gasteiger partial charge on any atom is -0.489 e. The van der Waals surface area contributed by atoms with Gasteiger partial charge >= 0.3 is 0 Å². The number of nitrogens with zero attached hydrogens (tertiary/aromatic N) is 4. The van der Waals surface area contributed by atoms with Crippen LogP contribution >= 0.6 is 11.3 Å². The van der Waals surface area contributed by atoms with E-state index in [0.717, 1.165) is 52.3 Å². The Morgan fingerprint density at radius 3 is 2.94 bits per heavy atom. The monoisotopic (exact) mass is 491 g/mol. The third-order valence-corrected chi connectivity index (χ3v) is 8.03. The highest BCUT2D eigenvalue weighted by Crippen LogP contribution is 2.42. The first kappa shape index (κ1) is 22.4. The van der Waals surface area contributed by atoms with Gasteiger partial charge in [0.15, 0.2) is 0 Å². The highest BCUT2D eigenvalue weighted by molar-refractivity contribution is 7.19. The molecule has 1 aromatic carbocycles. The Hall–Kier alpha value is -3.04. The fourth-order valence-corrected chi connectivity index (χ4v) is 6.44. The third-order valence-electron chi connectivity index (χ3n) is 6.87. The summed E-state index contributed by atoms with van der Waals surface area (Å²) in [6, 6.07) is 4.17. The summed E-state index contributed by atoms with van der Waals surface area (Å²) < 4.78 is 11.6. The lowest BCUT2D eigenvalue weighted by Crippen LogP contribution is -2.44. The number of thiophene rings is 1. The number of carbonyl (C=O) groups is 1. The van der Waals surface area contributed by atoms with E-state index in [0.29, 0.717) is 32.8 Å². The maximum Gasteiger partial charge on any atom is 0.226 e. The van der Waals surface area contributed by atoms with Crippen LogP contribution in [0.25, 0.3) is 10.2 Å². The first-order valence-electron chi connectivity index (χ1n) is 12.3. The largest absolute Gasteiger partial charge is 0.489 e. The van der Waals surface area contributed by atoms with Crippen LogP contribution in [0.15, 0.2) is 23.5 Å². The number of aromatic nitrogens is 2. The summed E-state index contributed by atoms with van der Waals surface area (Å²) in [7, 11) is 0. The third kappa shape index (κ3) is 4.27. The normalized spacial score (nSPS) is 19.2. The summed E-state index contributed by atoms with van der Waals surface area (Å²) in [6.45, 7) is 7.40. The second kappa shape index (κ2) is 9.20. The number of hydrogen-bond acceptors (Lipinski definition) is 8. The minimum absolute atomic E-state index is 0.0278. The van der Waals surface area contributed by atoms with Crippen molar-refractivity contribution in [1.29, 1.82) is 0 Å². The van der Waals surface area contributed by atoms with E-state index in [4.69, 9.17) is 9.47 Å². The molecule has 3 aromatic rings. The van der Waals surface area contributed by atoms with Crippen LogP contribution in [-0.2, 0) is 28.9 Å². The number of rotatable bonds is 5. The van der Waals surface area contributed by atoms with Crippen LogP contribution in [0.1, 0.15) is 41.8 Å². The Balaban J connectivity index is 1.31. The summed E-state index contributed by atoms with van der Waals surface area (Å²) in [4.78, 5) is 30.9. The van der Waals surface area contributed by atoms with Crippen LogP contribution in [0.4, 0.5) is 11.5 Å². The van der Waals surface area contributed by atoms with Crippen LogP contribution < -0.4 is 10.1 Å². The van der Waals surface area contributed by atoms with Gasteiger partial charge in [0.2, 0.25) is 5.91 Å². The van der Waals surface area contributed by atoms with Crippen LogP contribution in [0.2, 0.25) is 0 Å². The molecule has 3 aliphatic rings. The Bertz CT molecular complexity index is 1310. The van der Waals surface area contributed by atoms with E-state index in [2.05, 4.69) is 32.4 Å². The lowest BCUT2D eigenvalue weighted by atomic mass is 9.86. The predicted octanol–water partition coefficient (Wildman–Crippen LogP) is 4.12. The van der Waals surface area contributed by atoms with E-state index < -0.39 is 0 Å². The van der Waals surface area contributed by atoms with Gasteiger partial charge in [-0.3, -0.25) is 9.79 Å². The minimum atomic E-state index is 0.0278. The van der Waals surface area contributed by atoms with Crippen molar-refractivity contribution in [2.24, 2.45) is 10.9 Å². The van der Waals surface area contributed by atoms with E-state index >= 15 is 0 Å². The summed E-state index contributed by atoms with van der Waals surface area (Å²) in [6.07, 6.45) is 6.04. The Labute approximate surface area is 208 Å². The number of nitrogens with one attached hydrogen (secondary N) is 1. The first-order valence-corrected chi connectivity index (χ1v) is 13.1. The fourth-order valence-electron chi connectivity index (χ4n) is 5.17. The average molecular weight is 492 g/mol. The number of aliphatic imine (C=N–C) groups is 1. The number of benzene rings is 1. The van der Waals surface area contributed by atoms with Gasteiger partial charge in [-0.25, -0.2) is 9.97 Å². The van der Waals surface area contributed by atoms with Crippen LogP contribution in [0.3, 0.4) is 0 Å². The zero-order valence-corrected chi connectivity index (χ0v) is 20.9. The average Bonchev–Trinajstić information content (AvgIpc) is 3.47. The second-order valence-corrected chi connectivity index (χ2v) is 10.7. The molecule has 1 fully saturated rings. The molecular weight excluding hydrogens is 462 g/mol. The van der Waals surface area contributed by atoms with Crippen molar-refractivity contribution in [1.82, 2.24) is 14.9 Å². The van der Waals surface area contributed by atoms with Gasteiger partial charge in [-0.2, -0.15) is 0 Å². The number of carbonyl (C=O) groups excluding carboxylic acids is 1. The lowest BCUT2D eigenvalue weighted by Gasteiger charge is -2.32. The van der Waals surface area contributed by atoms with Gasteiger partial charge in [-0.05, 0) is 61.9 Å². The molecule has 1 N–H and O–H groups in total. The van der Waals surface area contributed by atoms with E-state index in [1.165, 1.54) is 16.0 Å². The van der Waals surface area contributed by atoms with Crippen molar-refractivity contribution in [2.45, 2.75) is 45.8 Å². The van der Waals surface area contributed by atoms with E-state index in [9.17, 15) is 4.79 Å². The zero-order chi connectivity index (χ0) is 23.9. The number of hydrogen-bond donors (Lipinski definition) is 1. The van der Waals surface area contributed by atoms with Gasteiger partial charge in [0.25, 0.3) is 0 Å². The van der Waals surface area contributed by atoms with Crippen molar-refractivity contribution < 1.29 is 14.3 Å². The summed E-state index contributed by atoms with van der Waals surface area (Å²) in [5.74, 6) is 1.88. The molecule has 1 atom stereocenters. The van der Waals surface area contributed by atoms with Crippen molar-refractivity contribution in [3.05, 3.63) is 40.0 Å². The topological polar surface area (TPSA) is 88.9 Å². The Morgan fingerprint density at radius 2 is 2.11 bits per heavy atom. The zero-order valence-electron chi connectivity index (χ0n) is 20.0. The maximum absolute atomic E-state index is 13.1. The number of ether oxygens (including phenoxy) is 2. The second-order valence-electron chi connectivity index (χ2n) is 9.59. The predicted molar refractivity (Wildman–Crippen MR) is 137 cm³/mol.